The lowest BCUT2D eigenvalue weighted by Gasteiger charge is -2.11. The number of rotatable bonds is 5. The van der Waals surface area contributed by atoms with E-state index in [0.717, 1.165) is 19.2 Å². The molecule has 0 saturated heterocycles. The quantitative estimate of drug-likeness (QED) is 0.378. The highest BCUT2D eigenvalue weighted by Crippen LogP contribution is 2.23. The van der Waals surface area contributed by atoms with Crippen molar-refractivity contribution in [2.45, 2.75) is 19.7 Å². The Balaban J connectivity index is 2.85. The average Bonchev–Trinajstić information content (AvgIpc) is 2.38. The molecule has 2 N–H and O–H groups in total. The van der Waals surface area contributed by atoms with E-state index < -0.39 is 12.3 Å². The predicted octanol–water partition coefficient (Wildman–Crippen LogP) is 3.15. The summed E-state index contributed by atoms with van der Waals surface area (Å²) >= 11 is 0. The van der Waals surface area contributed by atoms with Gasteiger partial charge in [0.25, 0.3) is 0 Å². The minimum Gasteiger partial charge on any atom is -0.512 e. The van der Waals surface area contributed by atoms with Crippen molar-refractivity contribution in [2.75, 3.05) is 7.11 Å². The van der Waals surface area contributed by atoms with Crippen LogP contribution in [0.1, 0.15) is 12.5 Å². The van der Waals surface area contributed by atoms with E-state index in [1.165, 1.54) is 19.1 Å². The number of methoxy groups -OCH3 is 1. The summed E-state index contributed by atoms with van der Waals surface area (Å²) in [5, 5.41) is 17.2. The van der Waals surface area contributed by atoms with Gasteiger partial charge in [0.15, 0.2) is 0 Å². The monoisotopic (exact) mass is 317 g/mol. The average molecular weight is 317 g/mol. The number of hydrogen-bond acceptors (Lipinski definition) is 5. The Bertz CT molecular complexity index is 587. The molecule has 0 spiro atoms. The van der Waals surface area contributed by atoms with Crippen LogP contribution in [0.15, 0.2) is 35.6 Å². The number of ether oxygens (including phenoxy) is 2. The number of allylic oxidation sites excluding steroid dienone is 1. The van der Waals surface area contributed by atoms with Gasteiger partial charge in [0, 0.05) is 6.42 Å². The molecule has 120 valence electrons. The molecule has 1 aromatic carbocycles. The van der Waals surface area contributed by atoms with E-state index >= 15 is 0 Å². The standard InChI is InChI=1S/C14H14F3NO4/c1-8(19)12(13(20)21-2)11(18)7-9-3-5-10(6-4-9)22-14(15,16)17/h3-6,18-19H,7H2,1-2H3. The molecule has 0 aliphatic heterocycles. The molecule has 0 aliphatic rings. The summed E-state index contributed by atoms with van der Waals surface area (Å²) < 4.78 is 44.3. The number of esters is 1. The van der Waals surface area contributed by atoms with E-state index in [2.05, 4.69) is 9.47 Å². The topological polar surface area (TPSA) is 79.6 Å². The van der Waals surface area contributed by atoms with Crippen LogP contribution in [0.3, 0.4) is 0 Å². The van der Waals surface area contributed by atoms with Crippen LogP contribution in [0.5, 0.6) is 5.75 Å². The van der Waals surface area contributed by atoms with Gasteiger partial charge in [-0.25, -0.2) is 4.79 Å². The van der Waals surface area contributed by atoms with Gasteiger partial charge < -0.3 is 20.0 Å². The molecule has 0 fully saturated rings. The number of aliphatic hydroxyl groups excluding tert-OH is 1. The van der Waals surface area contributed by atoms with Crippen molar-refractivity contribution in [1.82, 2.24) is 0 Å². The first kappa shape index (κ1) is 17.5. The van der Waals surface area contributed by atoms with Crippen LogP contribution in [-0.4, -0.2) is 30.3 Å². The molecule has 1 rings (SSSR count). The van der Waals surface area contributed by atoms with Crippen molar-refractivity contribution in [2.24, 2.45) is 0 Å². The fourth-order valence-electron chi connectivity index (χ4n) is 1.69. The first-order valence-electron chi connectivity index (χ1n) is 6.04. The van der Waals surface area contributed by atoms with Crippen molar-refractivity contribution < 1.29 is 32.5 Å². The number of alkyl halides is 3. The van der Waals surface area contributed by atoms with Crippen molar-refractivity contribution >= 4 is 11.7 Å². The Labute approximate surface area is 124 Å². The minimum absolute atomic E-state index is 0.0609. The zero-order valence-corrected chi connectivity index (χ0v) is 11.8. The van der Waals surface area contributed by atoms with E-state index in [4.69, 9.17) is 5.41 Å². The summed E-state index contributed by atoms with van der Waals surface area (Å²) in [4.78, 5) is 11.5. The number of aliphatic hydroxyl groups is 1. The van der Waals surface area contributed by atoms with Crippen molar-refractivity contribution in [1.29, 1.82) is 5.41 Å². The highest BCUT2D eigenvalue weighted by Gasteiger charge is 2.31. The molecule has 0 unspecified atom stereocenters. The van der Waals surface area contributed by atoms with Crippen molar-refractivity contribution in [3.05, 3.63) is 41.2 Å². The molecule has 0 aromatic heterocycles. The Morgan fingerprint density at radius 1 is 1.27 bits per heavy atom. The van der Waals surface area contributed by atoms with Gasteiger partial charge in [-0.1, -0.05) is 12.1 Å². The smallest absolute Gasteiger partial charge is 0.512 e. The van der Waals surface area contributed by atoms with Crippen LogP contribution in [0.4, 0.5) is 13.2 Å². The Kier molecular flexibility index (Phi) is 5.56. The van der Waals surface area contributed by atoms with Gasteiger partial charge in [0.1, 0.15) is 17.1 Å². The highest BCUT2D eigenvalue weighted by atomic mass is 19.4. The van der Waals surface area contributed by atoms with Crippen LogP contribution < -0.4 is 4.74 Å². The summed E-state index contributed by atoms with van der Waals surface area (Å²) in [6.45, 7) is 1.24. The van der Waals surface area contributed by atoms with Gasteiger partial charge in [-0.05, 0) is 24.6 Å². The van der Waals surface area contributed by atoms with Crippen molar-refractivity contribution in [3.63, 3.8) is 0 Å². The molecule has 0 saturated carbocycles. The van der Waals surface area contributed by atoms with Gasteiger partial charge >= 0.3 is 12.3 Å². The molecule has 0 atom stereocenters. The predicted molar refractivity (Wildman–Crippen MR) is 71.9 cm³/mol. The van der Waals surface area contributed by atoms with Crippen LogP contribution in [0.25, 0.3) is 0 Å². The molecular formula is C14H14F3NO4. The van der Waals surface area contributed by atoms with Crippen LogP contribution in [0, 0.1) is 5.41 Å². The maximum atomic E-state index is 12.0. The maximum absolute atomic E-state index is 12.0. The van der Waals surface area contributed by atoms with Gasteiger partial charge in [-0.3, -0.25) is 0 Å². The van der Waals surface area contributed by atoms with E-state index in [0.29, 0.717) is 5.56 Å². The van der Waals surface area contributed by atoms with E-state index in [-0.39, 0.29) is 29.2 Å². The van der Waals surface area contributed by atoms with Crippen LogP contribution in [0.2, 0.25) is 0 Å². The normalized spacial score (nSPS) is 12.4. The number of halogens is 3. The third-order valence-corrected chi connectivity index (χ3v) is 2.59. The van der Waals surface area contributed by atoms with Crippen LogP contribution in [-0.2, 0) is 16.0 Å². The fraction of sp³-hybridized carbons (Fsp3) is 0.286. The van der Waals surface area contributed by atoms with Gasteiger partial charge in [-0.2, -0.15) is 0 Å². The maximum Gasteiger partial charge on any atom is 0.573 e. The van der Waals surface area contributed by atoms with E-state index in [9.17, 15) is 23.1 Å². The largest absolute Gasteiger partial charge is 0.573 e. The minimum atomic E-state index is -4.77. The number of benzene rings is 1. The molecule has 0 amide bonds. The molecule has 0 bridgehead atoms. The Morgan fingerprint density at radius 2 is 1.82 bits per heavy atom. The first-order chi connectivity index (χ1) is 10.1. The first-order valence-corrected chi connectivity index (χ1v) is 6.04. The van der Waals surface area contributed by atoms with Gasteiger partial charge in [0.05, 0.1) is 12.8 Å². The van der Waals surface area contributed by atoms with Gasteiger partial charge in [-0.15, -0.1) is 13.2 Å². The van der Waals surface area contributed by atoms with Gasteiger partial charge in [0.2, 0.25) is 0 Å². The second-order valence-corrected chi connectivity index (χ2v) is 4.30. The lowest BCUT2D eigenvalue weighted by atomic mass is 10.0. The molecular weight excluding hydrogens is 303 g/mol. The summed E-state index contributed by atoms with van der Waals surface area (Å²) in [5.74, 6) is -1.61. The summed E-state index contributed by atoms with van der Waals surface area (Å²) in [7, 11) is 1.11. The molecule has 0 radical (unpaired) electrons. The summed E-state index contributed by atoms with van der Waals surface area (Å²) in [6.07, 6.45) is -4.84. The molecule has 22 heavy (non-hydrogen) atoms. The Morgan fingerprint density at radius 3 is 2.23 bits per heavy atom. The third-order valence-electron chi connectivity index (χ3n) is 2.59. The summed E-state index contributed by atoms with van der Waals surface area (Å²) in [6, 6.07) is 4.86. The molecule has 0 heterocycles. The van der Waals surface area contributed by atoms with E-state index in [1.807, 2.05) is 0 Å². The third kappa shape index (κ3) is 5.12. The number of nitrogens with one attached hydrogen (secondary N) is 1. The number of carbonyl (C=O) groups is 1. The molecule has 0 aliphatic carbocycles. The Hall–Kier alpha value is -2.51. The van der Waals surface area contributed by atoms with Crippen LogP contribution >= 0.6 is 0 Å². The fourth-order valence-corrected chi connectivity index (χ4v) is 1.69. The lowest BCUT2D eigenvalue weighted by Crippen LogP contribution is -2.18. The second kappa shape index (κ2) is 6.97. The molecule has 1 aromatic rings. The SMILES string of the molecule is COC(=O)C(C(=N)Cc1ccc(OC(F)(F)F)cc1)=C(C)O. The zero-order chi connectivity index (χ0) is 16.9. The highest BCUT2D eigenvalue weighted by molar-refractivity contribution is 6.19. The molecule has 5 nitrogen and oxygen atoms in total. The lowest BCUT2D eigenvalue weighted by molar-refractivity contribution is -0.274. The second-order valence-electron chi connectivity index (χ2n) is 4.30. The zero-order valence-electron chi connectivity index (χ0n) is 11.8. The number of carbonyl (C=O) groups excluding carboxylic acids is 1. The molecule has 8 heteroatoms. The summed E-state index contributed by atoms with van der Waals surface area (Å²) in [5.41, 5.74) is -0.0170. The number of hydrogen-bond donors (Lipinski definition) is 2. The van der Waals surface area contributed by atoms with E-state index in [1.54, 1.807) is 0 Å². The van der Waals surface area contributed by atoms with Crippen molar-refractivity contribution in [3.8, 4) is 5.75 Å².